The number of carbonyl (C=O) groups is 1. The molecule has 0 bridgehead atoms. The Hall–Kier alpha value is -1.44. The van der Waals surface area contributed by atoms with Crippen molar-refractivity contribution in [1.29, 1.82) is 0 Å². The molecule has 7 heteroatoms. The molecule has 0 saturated carbocycles. The Bertz CT molecular complexity index is 648. The Morgan fingerprint density at radius 3 is 2.39 bits per heavy atom. The third-order valence-corrected chi connectivity index (χ3v) is 4.97. The molecule has 1 aliphatic heterocycles. The van der Waals surface area contributed by atoms with Crippen molar-refractivity contribution in [3.05, 3.63) is 29.8 Å². The first kappa shape index (κ1) is 17.9. The molecule has 6 nitrogen and oxygen atoms in total. The van der Waals surface area contributed by atoms with E-state index >= 15 is 0 Å². The first-order chi connectivity index (χ1) is 10.7. The predicted molar refractivity (Wildman–Crippen MR) is 85.7 cm³/mol. The average Bonchev–Trinajstić information content (AvgIpc) is 2.49. The van der Waals surface area contributed by atoms with E-state index < -0.39 is 16.0 Å². The van der Waals surface area contributed by atoms with Crippen molar-refractivity contribution in [2.45, 2.75) is 25.7 Å². The lowest BCUT2D eigenvalue weighted by atomic mass is 9.90. The van der Waals surface area contributed by atoms with Crippen LogP contribution in [0.4, 0.5) is 0 Å². The number of hydrogen-bond acceptors (Lipinski definition) is 5. The number of esters is 1. The second-order valence-electron chi connectivity index (χ2n) is 6.65. The summed E-state index contributed by atoms with van der Waals surface area (Å²) in [7, 11) is -3.55. The van der Waals surface area contributed by atoms with E-state index in [-0.39, 0.29) is 16.2 Å². The maximum atomic E-state index is 12.1. The minimum absolute atomic E-state index is 0.111. The summed E-state index contributed by atoms with van der Waals surface area (Å²) in [6, 6.07) is 5.75. The lowest BCUT2D eigenvalue weighted by Gasteiger charge is -2.37. The van der Waals surface area contributed by atoms with Gasteiger partial charge in [0.05, 0.1) is 23.7 Å². The van der Waals surface area contributed by atoms with Crippen LogP contribution in [0, 0.1) is 11.3 Å². The van der Waals surface area contributed by atoms with Gasteiger partial charge >= 0.3 is 5.97 Å². The summed E-state index contributed by atoms with van der Waals surface area (Å²) in [4.78, 5) is 12.1. The van der Waals surface area contributed by atoms with E-state index in [0.29, 0.717) is 31.9 Å². The van der Waals surface area contributed by atoms with Crippen LogP contribution in [0.15, 0.2) is 29.2 Å². The Morgan fingerprint density at radius 1 is 1.30 bits per heavy atom. The molecule has 1 aliphatic rings. The number of hydrogen-bond donors (Lipinski definition) is 1. The van der Waals surface area contributed by atoms with Crippen molar-refractivity contribution in [2.24, 2.45) is 11.3 Å². The lowest BCUT2D eigenvalue weighted by molar-refractivity contribution is -0.127. The fourth-order valence-electron chi connectivity index (χ4n) is 1.99. The highest BCUT2D eigenvalue weighted by molar-refractivity contribution is 7.89. The summed E-state index contributed by atoms with van der Waals surface area (Å²) in [5.41, 5.74) is 0.219. The SMILES string of the molecule is CC(C)CNS(=O)(=O)c1ccc(C(=O)OCC2(C)COC2)cc1. The van der Waals surface area contributed by atoms with Gasteiger partial charge in [-0.1, -0.05) is 20.8 Å². The zero-order valence-electron chi connectivity index (χ0n) is 13.7. The zero-order chi connectivity index (χ0) is 17.1. The molecule has 1 heterocycles. The fourth-order valence-corrected chi connectivity index (χ4v) is 3.20. The molecule has 0 amide bonds. The maximum Gasteiger partial charge on any atom is 0.338 e. The fraction of sp³-hybridized carbons (Fsp3) is 0.562. The van der Waals surface area contributed by atoms with Crippen molar-refractivity contribution in [3.8, 4) is 0 Å². The highest BCUT2D eigenvalue weighted by atomic mass is 32.2. The second kappa shape index (κ2) is 6.98. The molecule has 2 rings (SSSR count). The monoisotopic (exact) mass is 341 g/mol. The van der Waals surface area contributed by atoms with Gasteiger partial charge < -0.3 is 9.47 Å². The van der Waals surface area contributed by atoms with Crippen LogP contribution in [0.3, 0.4) is 0 Å². The molecule has 0 spiro atoms. The number of nitrogens with one attached hydrogen (secondary N) is 1. The molecule has 0 atom stereocenters. The summed E-state index contributed by atoms with van der Waals surface area (Å²) in [6.45, 7) is 7.66. The summed E-state index contributed by atoms with van der Waals surface area (Å²) in [5.74, 6) is -0.243. The normalized spacial score (nSPS) is 16.9. The largest absolute Gasteiger partial charge is 0.461 e. The first-order valence-electron chi connectivity index (χ1n) is 7.56. The quantitative estimate of drug-likeness (QED) is 0.765. The van der Waals surface area contributed by atoms with E-state index in [1.165, 1.54) is 24.3 Å². The summed E-state index contributed by atoms with van der Waals surface area (Å²) < 4.78 is 37.0. The number of carbonyl (C=O) groups excluding carboxylic acids is 1. The number of rotatable bonds is 7. The molecule has 128 valence electrons. The van der Waals surface area contributed by atoms with Gasteiger partial charge in [0, 0.05) is 12.0 Å². The van der Waals surface area contributed by atoms with Crippen LogP contribution in [0.25, 0.3) is 0 Å². The molecule has 1 aromatic carbocycles. The predicted octanol–water partition coefficient (Wildman–Crippen LogP) is 1.81. The number of sulfonamides is 1. The minimum atomic E-state index is -3.55. The topological polar surface area (TPSA) is 81.7 Å². The molecular formula is C16H23NO5S. The van der Waals surface area contributed by atoms with Crippen LogP contribution in [-0.4, -0.2) is 40.8 Å². The molecule has 0 aromatic heterocycles. The van der Waals surface area contributed by atoms with Gasteiger partial charge in [-0.25, -0.2) is 17.9 Å². The Balaban J connectivity index is 1.97. The Morgan fingerprint density at radius 2 is 1.91 bits per heavy atom. The van der Waals surface area contributed by atoms with E-state index in [1.54, 1.807) is 0 Å². The third kappa shape index (κ3) is 4.76. The van der Waals surface area contributed by atoms with Crippen molar-refractivity contribution >= 4 is 16.0 Å². The maximum absolute atomic E-state index is 12.1. The van der Waals surface area contributed by atoms with Crippen LogP contribution >= 0.6 is 0 Å². The second-order valence-corrected chi connectivity index (χ2v) is 8.42. The van der Waals surface area contributed by atoms with Gasteiger partial charge in [-0.3, -0.25) is 0 Å². The minimum Gasteiger partial charge on any atom is -0.461 e. The number of ether oxygens (including phenoxy) is 2. The first-order valence-corrected chi connectivity index (χ1v) is 9.05. The standard InChI is InChI=1S/C16H23NO5S/c1-12(2)8-17-23(19,20)14-6-4-13(5-7-14)15(18)22-11-16(3)9-21-10-16/h4-7,12,17H,8-11H2,1-3H3. The van der Waals surface area contributed by atoms with Crippen LogP contribution in [0.5, 0.6) is 0 Å². The van der Waals surface area contributed by atoms with Gasteiger partial charge in [-0.15, -0.1) is 0 Å². The van der Waals surface area contributed by atoms with Crippen molar-refractivity contribution in [1.82, 2.24) is 4.72 Å². The van der Waals surface area contributed by atoms with E-state index in [1.807, 2.05) is 20.8 Å². The molecular weight excluding hydrogens is 318 g/mol. The lowest BCUT2D eigenvalue weighted by Crippen LogP contribution is -2.44. The van der Waals surface area contributed by atoms with E-state index in [4.69, 9.17) is 9.47 Å². The Labute approximate surface area is 137 Å². The van der Waals surface area contributed by atoms with Gasteiger partial charge in [0.15, 0.2) is 0 Å². The zero-order valence-corrected chi connectivity index (χ0v) is 14.5. The molecule has 0 aliphatic carbocycles. The van der Waals surface area contributed by atoms with Crippen LogP contribution in [-0.2, 0) is 19.5 Å². The van der Waals surface area contributed by atoms with Crippen LogP contribution in [0.1, 0.15) is 31.1 Å². The van der Waals surface area contributed by atoms with E-state index in [9.17, 15) is 13.2 Å². The van der Waals surface area contributed by atoms with Gasteiger partial charge in [0.2, 0.25) is 10.0 Å². The van der Waals surface area contributed by atoms with Crippen molar-refractivity contribution in [3.63, 3.8) is 0 Å². The van der Waals surface area contributed by atoms with Gasteiger partial charge in [0.25, 0.3) is 0 Å². The summed E-state index contributed by atoms with van der Waals surface area (Å²) in [5, 5.41) is 0. The van der Waals surface area contributed by atoms with Gasteiger partial charge in [-0.05, 0) is 30.2 Å². The smallest absolute Gasteiger partial charge is 0.338 e. The van der Waals surface area contributed by atoms with Crippen molar-refractivity contribution < 1.29 is 22.7 Å². The van der Waals surface area contributed by atoms with Crippen LogP contribution in [0.2, 0.25) is 0 Å². The molecule has 1 aromatic rings. The molecule has 1 fully saturated rings. The highest BCUT2D eigenvalue weighted by Gasteiger charge is 2.35. The third-order valence-electron chi connectivity index (χ3n) is 3.53. The number of benzene rings is 1. The molecule has 0 radical (unpaired) electrons. The van der Waals surface area contributed by atoms with Crippen molar-refractivity contribution in [2.75, 3.05) is 26.4 Å². The van der Waals surface area contributed by atoms with Crippen LogP contribution < -0.4 is 4.72 Å². The highest BCUT2D eigenvalue weighted by Crippen LogP contribution is 2.27. The summed E-state index contributed by atoms with van der Waals surface area (Å²) in [6.07, 6.45) is 0. The van der Waals surface area contributed by atoms with Gasteiger partial charge in [-0.2, -0.15) is 0 Å². The molecule has 1 N–H and O–H groups in total. The average molecular weight is 341 g/mol. The molecule has 1 saturated heterocycles. The molecule has 23 heavy (non-hydrogen) atoms. The van der Waals surface area contributed by atoms with Gasteiger partial charge in [0.1, 0.15) is 6.61 Å². The summed E-state index contributed by atoms with van der Waals surface area (Å²) >= 11 is 0. The van der Waals surface area contributed by atoms with E-state index in [0.717, 1.165) is 0 Å². The molecule has 0 unspecified atom stereocenters. The Kier molecular flexibility index (Phi) is 5.44. The van der Waals surface area contributed by atoms with E-state index in [2.05, 4.69) is 4.72 Å².